The van der Waals surface area contributed by atoms with E-state index in [1.807, 2.05) is 0 Å². The van der Waals surface area contributed by atoms with E-state index in [1.165, 1.54) is 0 Å². The molecule has 0 amide bonds. The van der Waals surface area contributed by atoms with Gasteiger partial charge in [-0.3, -0.25) is 0 Å². The van der Waals surface area contributed by atoms with Crippen molar-refractivity contribution in [1.29, 1.82) is 0 Å². The lowest BCUT2D eigenvalue weighted by Gasteiger charge is -2.50. The molecule has 12 heavy (non-hydrogen) atoms. The molecule has 0 radical (unpaired) electrons. The minimum absolute atomic E-state index is 0.0237. The molecule has 1 unspecified atom stereocenters. The smallest absolute Gasteiger partial charge is 0.248 e. The van der Waals surface area contributed by atoms with E-state index in [0.717, 1.165) is 12.8 Å². The summed E-state index contributed by atoms with van der Waals surface area (Å²) in [6.45, 7) is 0. The van der Waals surface area contributed by atoms with Crippen LogP contribution in [-0.4, -0.2) is 17.1 Å². The van der Waals surface area contributed by atoms with Crippen LogP contribution in [0.15, 0.2) is 0 Å². The van der Waals surface area contributed by atoms with Gasteiger partial charge in [0.25, 0.3) is 0 Å². The third kappa shape index (κ3) is 1.15. The molecule has 2 aliphatic carbocycles. The number of hydrogen-bond donors (Lipinski definition) is 1. The molecule has 0 aromatic heterocycles. The van der Waals surface area contributed by atoms with Crippen molar-refractivity contribution in [3.8, 4) is 0 Å². The van der Waals surface area contributed by atoms with Gasteiger partial charge in [0.05, 0.1) is 6.10 Å². The Morgan fingerprint density at radius 3 is 1.92 bits per heavy atom. The minimum Gasteiger partial charge on any atom is -0.393 e. The number of aliphatic hydroxyl groups is 1. The summed E-state index contributed by atoms with van der Waals surface area (Å²) in [5, 5.41) is 9.45. The second-order valence-corrected chi connectivity index (χ2v) is 4.27. The molecule has 1 spiro atoms. The van der Waals surface area contributed by atoms with Crippen molar-refractivity contribution in [1.82, 2.24) is 0 Å². The maximum atomic E-state index is 12.8. The van der Waals surface area contributed by atoms with Gasteiger partial charge in [-0.25, -0.2) is 8.78 Å². The molecule has 1 N–H and O–H groups in total. The van der Waals surface area contributed by atoms with Crippen LogP contribution in [0.5, 0.6) is 0 Å². The summed E-state index contributed by atoms with van der Waals surface area (Å²) in [7, 11) is 0. The van der Waals surface area contributed by atoms with E-state index in [9.17, 15) is 13.9 Å². The van der Waals surface area contributed by atoms with Gasteiger partial charge < -0.3 is 5.11 Å². The molecule has 0 bridgehead atoms. The van der Waals surface area contributed by atoms with Crippen molar-refractivity contribution < 1.29 is 13.9 Å². The molecule has 0 aromatic carbocycles. The first-order chi connectivity index (χ1) is 5.54. The van der Waals surface area contributed by atoms with E-state index in [-0.39, 0.29) is 24.4 Å². The van der Waals surface area contributed by atoms with Gasteiger partial charge in [-0.05, 0) is 31.1 Å². The molecule has 0 aromatic rings. The van der Waals surface area contributed by atoms with Gasteiger partial charge in [-0.2, -0.15) is 0 Å². The van der Waals surface area contributed by atoms with Gasteiger partial charge in [0.15, 0.2) is 0 Å². The maximum Gasteiger partial charge on any atom is 0.248 e. The van der Waals surface area contributed by atoms with Gasteiger partial charge in [0, 0.05) is 12.8 Å². The Labute approximate surface area is 70.8 Å². The van der Waals surface area contributed by atoms with Crippen molar-refractivity contribution in [3.63, 3.8) is 0 Å². The number of hydrogen-bond acceptors (Lipinski definition) is 1. The standard InChI is InChI=1S/C9H14F2O/c10-9(11)5-3-8(4-6-9)2-1-7(8)12/h7,12H,1-6H2. The summed E-state index contributed by atoms with van der Waals surface area (Å²) in [6.07, 6.45) is 2.44. The van der Waals surface area contributed by atoms with Crippen LogP contribution in [-0.2, 0) is 0 Å². The molecule has 0 aliphatic heterocycles. The van der Waals surface area contributed by atoms with Crippen LogP contribution in [0.4, 0.5) is 8.78 Å². The molecule has 3 heteroatoms. The van der Waals surface area contributed by atoms with Gasteiger partial charge in [-0.15, -0.1) is 0 Å². The predicted molar refractivity (Wildman–Crippen MR) is 41.1 cm³/mol. The Kier molecular flexibility index (Phi) is 1.69. The van der Waals surface area contributed by atoms with Crippen LogP contribution in [0.3, 0.4) is 0 Å². The highest BCUT2D eigenvalue weighted by atomic mass is 19.3. The molecule has 2 rings (SSSR count). The molecule has 2 saturated carbocycles. The molecule has 2 aliphatic rings. The van der Waals surface area contributed by atoms with Crippen LogP contribution in [0.1, 0.15) is 38.5 Å². The Morgan fingerprint density at radius 1 is 1.00 bits per heavy atom. The van der Waals surface area contributed by atoms with Crippen LogP contribution < -0.4 is 0 Å². The molecule has 1 atom stereocenters. The zero-order valence-corrected chi connectivity index (χ0v) is 7.02. The van der Waals surface area contributed by atoms with Crippen molar-refractivity contribution >= 4 is 0 Å². The molecule has 0 saturated heterocycles. The highest BCUT2D eigenvalue weighted by Crippen LogP contribution is 2.54. The third-order valence-electron chi connectivity index (χ3n) is 3.60. The SMILES string of the molecule is OC1CCC12CCC(F)(F)CC2. The topological polar surface area (TPSA) is 20.2 Å². The minimum atomic E-state index is -2.46. The van der Waals surface area contributed by atoms with E-state index in [2.05, 4.69) is 0 Å². The average molecular weight is 176 g/mol. The zero-order chi connectivity index (χ0) is 8.82. The fourth-order valence-electron chi connectivity index (χ4n) is 2.38. The van der Waals surface area contributed by atoms with Crippen molar-refractivity contribution in [2.75, 3.05) is 0 Å². The lowest BCUT2D eigenvalue weighted by atomic mass is 9.58. The molecule has 1 nitrogen and oxygen atoms in total. The number of aliphatic hydroxyl groups excluding tert-OH is 1. The highest BCUT2D eigenvalue weighted by molar-refractivity contribution is 4.99. The Bertz CT molecular complexity index is 181. The lowest BCUT2D eigenvalue weighted by molar-refractivity contribution is -0.142. The predicted octanol–water partition coefficient (Wildman–Crippen LogP) is 2.34. The van der Waals surface area contributed by atoms with Crippen LogP contribution in [0.25, 0.3) is 0 Å². The first-order valence-corrected chi connectivity index (χ1v) is 4.60. The Balaban J connectivity index is 1.98. The zero-order valence-electron chi connectivity index (χ0n) is 7.02. The summed E-state index contributed by atoms with van der Waals surface area (Å²) in [5.41, 5.74) is -0.109. The fourth-order valence-corrected chi connectivity index (χ4v) is 2.38. The first-order valence-electron chi connectivity index (χ1n) is 4.60. The molecule has 2 fully saturated rings. The number of alkyl halides is 2. The molecule has 70 valence electrons. The monoisotopic (exact) mass is 176 g/mol. The fraction of sp³-hybridized carbons (Fsp3) is 1.00. The van der Waals surface area contributed by atoms with Crippen molar-refractivity contribution in [2.24, 2.45) is 5.41 Å². The number of rotatable bonds is 0. The summed E-state index contributed by atoms with van der Waals surface area (Å²) in [6, 6.07) is 0. The van der Waals surface area contributed by atoms with E-state index in [0.29, 0.717) is 12.8 Å². The molecular weight excluding hydrogens is 162 g/mol. The van der Waals surface area contributed by atoms with Gasteiger partial charge in [0.2, 0.25) is 5.92 Å². The second kappa shape index (κ2) is 2.41. The second-order valence-electron chi connectivity index (χ2n) is 4.27. The van der Waals surface area contributed by atoms with Crippen LogP contribution >= 0.6 is 0 Å². The van der Waals surface area contributed by atoms with Crippen molar-refractivity contribution in [2.45, 2.75) is 50.6 Å². The van der Waals surface area contributed by atoms with E-state index >= 15 is 0 Å². The summed E-state index contributed by atoms with van der Waals surface area (Å²) in [4.78, 5) is 0. The van der Waals surface area contributed by atoms with Crippen LogP contribution in [0.2, 0.25) is 0 Å². The van der Waals surface area contributed by atoms with Crippen molar-refractivity contribution in [3.05, 3.63) is 0 Å². The van der Waals surface area contributed by atoms with Gasteiger partial charge in [0.1, 0.15) is 0 Å². The quantitative estimate of drug-likeness (QED) is 0.600. The Hall–Kier alpha value is -0.180. The highest BCUT2D eigenvalue weighted by Gasteiger charge is 2.51. The molecule has 0 heterocycles. The van der Waals surface area contributed by atoms with E-state index in [4.69, 9.17) is 0 Å². The summed E-state index contributed by atoms with van der Waals surface area (Å²) in [5.74, 6) is -2.46. The van der Waals surface area contributed by atoms with Gasteiger partial charge in [-0.1, -0.05) is 0 Å². The third-order valence-corrected chi connectivity index (χ3v) is 3.60. The normalized spacial score (nSPS) is 37.8. The van der Waals surface area contributed by atoms with Gasteiger partial charge >= 0.3 is 0 Å². The maximum absolute atomic E-state index is 12.8. The average Bonchev–Trinajstić information content (AvgIpc) is 2.02. The Morgan fingerprint density at radius 2 is 1.58 bits per heavy atom. The first kappa shape index (κ1) is 8.42. The summed E-state index contributed by atoms with van der Waals surface area (Å²) < 4.78 is 25.5. The lowest BCUT2D eigenvalue weighted by Crippen LogP contribution is -2.48. The largest absolute Gasteiger partial charge is 0.393 e. The number of halogens is 2. The van der Waals surface area contributed by atoms with Crippen LogP contribution in [0, 0.1) is 5.41 Å². The molecular formula is C9H14F2O. The van der Waals surface area contributed by atoms with E-state index < -0.39 is 5.92 Å². The summed E-state index contributed by atoms with van der Waals surface area (Å²) >= 11 is 0. The van der Waals surface area contributed by atoms with E-state index in [1.54, 1.807) is 0 Å².